The molecule has 0 bridgehead atoms. The third-order valence-electron chi connectivity index (χ3n) is 3.77. The van der Waals surface area contributed by atoms with E-state index in [-0.39, 0.29) is 5.91 Å². The summed E-state index contributed by atoms with van der Waals surface area (Å²) < 4.78 is 0. The number of hydrogen-bond acceptors (Lipinski definition) is 2. The van der Waals surface area contributed by atoms with Gasteiger partial charge in [0.15, 0.2) is 0 Å². The van der Waals surface area contributed by atoms with Crippen LogP contribution in [0.15, 0.2) is 24.3 Å². The van der Waals surface area contributed by atoms with E-state index in [1.165, 1.54) is 31.5 Å². The molecular formula is C16H24N2O. The Kier molecular flexibility index (Phi) is 4.97. The van der Waals surface area contributed by atoms with Crippen molar-refractivity contribution in [1.82, 2.24) is 10.2 Å². The van der Waals surface area contributed by atoms with Crippen molar-refractivity contribution in [2.24, 2.45) is 5.92 Å². The maximum Gasteiger partial charge on any atom is 0.251 e. The van der Waals surface area contributed by atoms with Gasteiger partial charge in [-0.05, 0) is 44.4 Å². The highest BCUT2D eigenvalue weighted by atomic mass is 16.1. The molecule has 1 aliphatic heterocycles. The van der Waals surface area contributed by atoms with Crippen LogP contribution in [0.3, 0.4) is 0 Å². The van der Waals surface area contributed by atoms with Gasteiger partial charge in [-0.25, -0.2) is 0 Å². The van der Waals surface area contributed by atoms with Crippen LogP contribution in [0, 0.1) is 12.8 Å². The fourth-order valence-corrected chi connectivity index (χ4v) is 2.62. The quantitative estimate of drug-likeness (QED) is 0.902. The number of nitrogens with one attached hydrogen (secondary N) is 1. The summed E-state index contributed by atoms with van der Waals surface area (Å²) in [5, 5.41) is 3.00. The summed E-state index contributed by atoms with van der Waals surface area (Å²) in [7, 11) is 0. The smallest absolute Gasteiger partial charge is 0.251 e. The van der Waals surface area contributed by atoms with Crippen molar-refractivity contribution in [3.63, 3.8) is 0 Å². The van der Waals surface area contributed by atoms with Gasteiger partial charge in [-0.3, -0.25) is 4.79 Å². The van der Waals surface area contributed by atoms with Crippen LogP contribution in [0.5, 0.6) is 0 Å². The lowest BCUT2D eigenvalue weighted by Crippen LogP contribution is -2.40. The maximum absolute atomic E-state index is 11.9. The Hall–Kier alpha value is -1.35. The van der Waals surface area contributed by atoms with Gasteiger partial charge in [0, 0.05) is 25.2 Å². The van der Waals surface area contributed by atoms with E-state index in [1.807, 2.05) is 31.2 Å². The highest BCUT2D eigenvalue weighted by molar-refractivity contribution is 5.94. The van der Waals surface area contributed by atoms with Crippen LogP contribution in [0.2, 0.25) is 0 Å². The first-order chi connectivity index (χ1) is 9.15. The number of rotatable bonds is 4. The molecule has 1 amide bonds. The van der Waals surface area contributed by atoms with Crippen LogP contribution in [-0.4, -0.2) is 37.0 Å². The second kappa shape index (κ2) is 6.71. The maximum atomic E-state index is 11.9. The molecule has 0 aliphatic carbocycles. The summed E-state index contributed by atoms with van der Waals surface area (Å²) in [6, 6.07) is 7.71. The van der Waals surface area contributed by atoms with Crippen molar-refractivity contribution < 1.29 is 4.79 Å². The van der Waals surface area contributed by atoms with E-state index in [1.54, 1.807) is 0 Å². The third-order valence-corrected chi connectivity index (χ3v) is 3.77. The number of amides is 1. The minimum Gasteiger partial charge on any atom is -0.351 e. The SMILES string of the molecule is Cc1ccc(C(=O)NCCN2CCCC(C)C2)cc1. The minimum absolute atomic E-state index is 0.0325. The first-order valence-electron chi connectivity index (χ1n) is 7.22. The average Bonchev–Trinajstić information content (AvgIpc) is 2.39. The summed E-state index contributed by atoms with van der Waals surface area (Å²) in [6.45, 7) is 8.36. The number of nitrogens with zero attached hydrogens (tertiary/aromatic N) is 1. The van der Waals surface area contributed by atoms with Crippen molar-refractivity contribution in [3.8, 4) is 0 Å². The fraction of sp³-hybridized carbons (Fsp3) is 0.562. The lowest BCUT2D eigenvalue weighted by Gasteiger charge is -2.30. The van der Waals surface area contributed by atoms with Gasteiger partial charge in [0.2, 0.25) is 0 Å². The van der Waals surface area contributed by atoms with Gasteiger partial charge in [-0.15, -0.1) is 0 Å². The topological polar surface area (TPSA) is 32.3 Å². The van der Waals surface area contributed by atoms with Crippen molar-refractivity contribution in [3.05, 3.63) is 35.4 Å². The van der Waals surface area contributed by atoms with Crippen molar-refractivity contribution >= 4 is 5.91 Å². The van der Waals surface area contributed by atoms with Crippen LogP contribution in [0.1, 0.15) is 35.7 Å². The van der Waals surface area contributed by atoms with E-state index in [0.717, 1.165) is 24.6 Å². The molecule has 1 saturated heterocycles. The Morgan fingerprint density at radius 1 is 1.37 bits per heavy atom. The molecule has 1 aromatic carbocycles. The largest absolute Gasteiger partial charge is 0.351 e. The summed E-state index contributed by atoms with van der Waals surface area (Å²) in [4.78, 5) is 14.4. The number of benzene rings is 1. The van der Waals surface area contributed by atoms with Gasteiger partial charge < -0.3 is 10.2 Å². The first-order valence-corrected chi connectivity index (χ1v) is 7.22. The molecule has 1 N–H and O–H groups in total. The first kappa shape index (κ1) is 14.1. The Balaban J connectivity index is 1.73. The Labute approximate surface area is 116 Å². The standard InChI is InChI=1S/C16H24N2O/c1-13-5-7-15(8-6-13)16(19)17-9-11-18-10-3-4-14(2)12-18/h5-8,14H,3-4,9-12H2,1-2H3,(H,17,19). The Bertz CT molecular complexity index is 413. The zero-order valence-corrected chi connectivity index (χ0v) is 12.0. The molecule has 2 rings (SSSR count). The molecule has 104 valence electrons. The van der Waals surface area contributed by atoms with Gasteiger partial charge in [0.05, 0.1) is 0 Å². The van der Waals surface area contributed by atoms with Gasteiger partial charge in [-0.1, -0.05) is 24.6 Å². The third kappa shape index (κ3) is 4.35. The highest BCUT2D eigenvalue weighted by Crippen LogP contribution is 2.14. The van der Waals surface area contributed by atoms with Gasteiger partial charge >= 0.3 is 0 Å². The van der Waals surface area contributed by atoms with Crippen molar-refractivity contribution in [2.45, 2.75) is 26.7 Å². The molecule has 0 saturated carbocycles. The highest BCUT2D eigenvalue weighted by Gasteiger charge is 2.15. The molecule has 1 fully saturated rings. The minimum atomic E-state index is 0.0325. The summed E-state index contributed by atoms with van der Waals surface area (Å²) in [6.07, 6.45) is 2.62. The summed E-state index contributed by atoms with van der Waals surface area (Å²) in [5.74, 6) is 0.826. The van der Waals surface area contributed by atoms with Crippen LogP contribution in [0.4, 0.5) is 0 Å². The van der Waals surface area contributed by atoms with Crippen molar-refractivity contribution in [2.75, 3.05) is 26.2 Å². The van der Waals surface area contributed by atoms with E-state index in [0.29, 0.717) is 0 Å². The number of carbonyl (C=O) groups excluding carboxylic acids is 1. The van der Waals surface area contributed by atoms with E-state index in [9.17, 15) is 4.79 Å². The molecule has 1 heterocycles. The molecular weight excluding hydrogens is 236 g/mol. The predicted molar refractivity (Wildman–Crippen MR) is 78.4 cm³/mol. The summed E-state index contributed by atoms with van der Waals surface area (Å²) in [5.41, 5.74) is 1.93. The Morgan fingerprint density at radius 3 is 2.79 bits per heavy atom. The molecule has 1 unspecified atom stereocenters. The molecule has 0 spiro atoms. The van der Waals surface area contributed by atoms with E-state index in [4.69, 9.17) is 0 Å². The number of piperidine rings is 1. The molecule has 1 aliphatic rings. The summed E-state index contributed by atoms with van der Waals surface area (Å²) >= 11 is 0. The Morgan fingerprint density at radius 2 is 2.11 bits per heavy atom. The predicted octanol–water partition coefficient (Wildman–Crippen LogP) is 2.46. The molecule has 1 aromatic rings. The number of aryl methyl sites for hydroxylation is 1. The van der Waals surface area contributed by atoms with E-state index in [2.05, 4.69) is 17.1 Å². The zero-order chi connectivity index (χ0) is 13.7. The van der Waals surface area contributed by atoms with Crippen LogP contribution in [-0.2, 0) is 0 Å². The monoisotopic (exact) mass is 260 g/mol. The molecule has 19 heavy (non-hydrogen) atoms. The normalized spacial score (nSPS) is 20.2. The van der Waals surface area contributed by atoms with Gasteiger partial charge in [0.1, 0.15) is 0 Å². The number of hydrogen-bond donors (Lipinski definition) is 1. The van der Waals surface area contributed by atoms with E-state index >= 15 is 0 Å². The molecule has 1 atom stereocenters. The van der Waals surface area contributed by atoms with E-state index < -0.39 is 0 Å². The van der Waals surface area contributed by atoms with Crippen LogP contribution in [0.25, 0.3) is 0 Å². The van der Waals surface area contributed by atoms with Gasteiger partial charge in [0.25, 0.3) is 5.91 Å². The molecule has 0 aromatic heterocycles. The lowest BCUT2D eigenvalue weighted by atomic mass is 10.0. The molecule has 3 heteroatoms. The lowest BCUT2D eigenvalue weighted by molar-refractivity contribution is 0.0944. The molecule has 3 nitrogen and oxygen atoms in total. The average molecular weight is 260 g/mol. The molecule has 0 radical (unpaired) electrons. The zero-order valence-electron chi connectivity index (χ0n) is 12.0. The number of carbonyl (C=O) groups is 1. The van der Waals surface area contributed by atoms with Crippen molar-refractivity contribution in [1.29, 1.82) is 0 Å². The second-order valence-corrected chi connectivity index (χ2v) is 5.67. The second-order valence-electron chi connectivity index (χ2n) is 5.67. The fourth-order valence-electron chi connectivity index (χ4n) is 2.62. The number of likely N-dealkylation sites (tertiary alicyclic amines) is 1. The van der Waals surface area contributed by atoms with Crippen LogP contribution < -0.4 is 5.32 Å². The van der Waals surface area contributed by atoms with Crippen LogP contribution >= 0.6 is 0 Å². The van der Waals surface area contributed by atoms with Gasteiger partial charge in [-0.2, -0.15) is 0 Å².